The lowest BCUT2D eigenvalue weighted by atomic mass is 10.3. The first kappa shape index (κ1) is 15.8. The van der Waals surface area contributed by atoms with E-state index in [0.717, 1.165) is 0 Å². The van der Waals surface area contributed by atoms with Gasteiger partial charge in [-0.25, -0.2) is 26.3 Å². The van der Waals surface area contributed by atoms with Crippen molar-refractivity contribution >= 4 is 18.7 Å². The fraction of sp³-hybridized carbons (Fsp3) is 0.0769. The molecule has 0 amide bonds. The van der Waals surface area contributed by atoms with Crippen LogP contribution in [0.25, 0.3) is 0 Å². The molecule has 0 fully saturated rings. The van der Waals surface area contributed by atoms with Crippen LogP contribution < -0.4 is 15.7 Å². The van der Waals surface area contributed by atoms with E-state index in [0.29, 0.717) is 24.3 Å². The maximum atomic E-state index is 13.8. The highest BCUT2D eigenvalue weighted by Crippen LogP contribution is 2.33. The van der Waals surface area contributed by atoms with E-state index >= 15 is 0 Å². The molecular weight excluding hydrogens is 315 g/mol. The lowest BCUT2D eigenvalue weighted by molar-refractivity contribution is 0.552. The van der Waals surface area contributed by atoms with Gasteiger partial charge in [-0.2, -0.15) is 0 Å². The molecule has 21 heavy (non-hydrogen) atoms. The van der Waals surface area contributed by atoms with Gasteiger partial charge in [0.1, 0.15) is 34.9 Å². The highest BCUT2D eigenvalue weighted by molar-refractivity contribution is 7.71. The lowest BCUT2D eigenvalue weighted by Crippen LogP contribution is -2.29. The molecule has 0 saturated heterocycles. The lowest BCUT2D eigenvalue weighted by Gasteiger charge is -2.19. The van der Waals surface area contributed by atoms with Gasteiger partial charge < -0.3 is 0 Å². The van der Waals surface area contributed by atoms with Crippen LogP contribution in [0, 0.1) is 34.9 Å². The third kappa shape index (κ3) is 3.04. The highest BCUT2D eigenvalue weighted by Gasteiger charge is 2.27. The molecule has 1 nitrogen and oxygen atoms in total. The summed E-state index contributed by atoms with van der Waals surface area (Å²) in [7, 11) is -1.11. The molecule has 0 bridgehead atoms. The average Bonchev–Trinajstić information content (AvgIpc) is 2.34. The summed E-state index contributed by atoms with van der Waals surface area (Å²) in [6.45, 7) is 0. The fourth-order valence-electron chi connectivity index (χ4n) is 1.83. The quantitative estimate of drug-likeness (QED) is 0.676. The third-order valence-electron chi connectivity index (χ3n) is 2.63. The first-order valence-electron chi connectivity index (χ1n) is 5.61. The van der Waals surface area contributed by atoms with Crippen molar-refractivity contribution in [1.82, 2.24) is 5.09 Å². The third-order valence-corrected chi connectivity index (χ3v) is 4.83. The average molecular weight is 323 g/mol. The SMILES string of the molecule is CNP(c1c(F)cc(F)cc1F)c1c(F)cc(F)cc1F. The van der Waals surface area contributed by atoms with Gasteiger partial charge in [0.05, 0.1) is 10.6 Å². The fourth-order valence-corrected chi connectivity index (χ4v) is 3.62. The minimum absolute atomic E-state index is 0.407. The normalized spacial score (nSPS) is 11.2. The summed E-state index contributed by atoms with van der Waals surface area (Å²) in [5.41, 5.74) is 0. The molecule has 0 aromatic heterocycles. The Labute approximate surface area is 117 Å². The molecule has 0 heterocycles. The van der Waals surface area contributed by atoms with Gasteiger partial charge in [0.25, 0.3) is 0 Å². The van der Waals surface area contributed by atoms with E-state index in [9.17, 15) is 26.3 Å². The summed E-state index contributed by atoms with van der Waals surface area (Å²) >= 11 is 0. The molecule has 112 valence electrons. The molecular formula is C13H8F6NP. The molecule has 2 rings (SSSR count). The summed E-state index contributed by atoms with van der Waals surface area (Å²) in [6, 6.07) is 1.63. The Morgan fingerprint density at radius 3 is 1.19 bits per heavy atom. The second-order valence-corrected chi connectivity index (χ2v) is 6.01. The number of nitrogens with one attached hydrogen (secondary N) is 1. The van der Waals surface area contributed by atoms with Crippen molar-refractivity contribution in [3.8, 4) is 0 Å². The van der Waals surface area contributed by atoms with Crippen LogP contribution >= 0.6 is 8.07 Å². The van der Waals surface area contributed by atoms with E-state index in [2.05, 4.69) is 5.09 Å². The van der Waals surface area contributed by atoms with Crippen LogP contribution in [0.15, 0.2) is 24.3 Å². The molecule has 0 saturated carbocycles. The molecule has 0 aliphatic carbocycles. The van der Waals surface area contributed by atoms with Crippen LogP contribution in [0.2, 0.25) is 0 Å². The number of rotatable bonds is 3. The number of halogens is 6. The van der Waals surface area contributed by atoms with Gasteiger partial charge in [0.2, 0.25) is 0 Å². The van der Waals surface area contributed by atoms with Gasteiger partial charge in [-0.1, -0.05) is 0 Å². The maximum absolute atomic E-state index is 13.8. The smallest absolute Gasteiger partial charge is 0.138 e. The molecule has 2 aromatic rings. The second-order valence-electron chi connectivity index (χ2n) is 4.00. The minimum Gasteiger partial charge on any atom is -0.291 e. The molecule has 0 atom stereocenters. The largest absolute Gasteiger partial charge is 0.291 e. The Hall–Kier alpha value is -1.59. The van der Waals surface area contributed by atoms with E-state index in [1.54, 1.807) is 0 Å². The number of hydrogen-bond acceptors (Lipinski definition) is 1. The predicted octanol–water partition coefficient (Wildman–Crippen LogP) is 3.09. The maximum Gasteiger partial charge on any atom is 0.138 e. The van der Waals surface area contributed by atoms with Crippen LogP contribution in [0.3, 0.4) is 0 Å². The van der Waals surface area contributed by atoms with Gasteiger partial charge in [-0.15, -0.1) is 0 Å². The van der Waals surface area contributed by atoms with Gasteiger partial charge in [-0.3, -0.25) is 5.09 Å². The Kier molecular flexibility index (Phi) is 4.54. The Morgan fingerprint density at radius 2 is 0.952 bits per heavy atom. The summed E-state index contributed by atoms with van der Waals surface area (Å²) in [5.74, 6) is -7.43. The zero-order chi connectivity index (χ0) is 15.7. The number of hydrogen-bond donors (Lipinski definition) is 1. The summed E-state index contributed by atoms with van der Waals surface area (Å²) in [4.78, 5) is 0. The van der Waals surface area contributed by atoms with Gasteiger partial charge in [0.15, 0.2) is 0 Å². The van der Waals surface area contributed by atoms with Crippen LogP contribution in [0.4, 0.5) is 26.3 Å². The summed E-state index contributed by atoms with van der Waals surface area (Å²) < 4.78 is 80.8. The van der Waals surface area contributed by atoms with Crippen LogP contribution in [-0.2, 0) is 0 Å². The van der Waals surface area contributed by atoms with Crippen molar-refractivity contribution in [2.75, 3.05) is 7.05 Å². The molecule has 0 unspecified atom stereocenters. The first-order valence-corrected chi connectivity index (χ1v) is 6.96. The predicted molar refractivity (Wildman–Crippen MR) is 67.9 cm³/mol. The molecule has 0 aliphatic rings. The molecule has 0 aliphatic heterocycles. The van der Waals surface area contributed by atoms with Gasteiger partial charge in [-0.05, 0) is 7.05 Å². The Bertz CT molecular complexity index is 587. The second kappa shape index (κ2) is 6.03. The van der Waals surface area contributed by atoms with Crippen molar-refractivity contribution in [3.63, 3.8) is 0 Å². The van der Waals surface area contributed by atoms with E-state index < -0.39 is 53.6 Å². The monoisotopic (exact) mass is 323 g/mol. The van der Waals surface area contributed by atoms with Crippen molar-refractivity contribution in [2.24, 2.45) is 0 Å². The highest BCUT2D eigenvalue weighted by atomic mass is 31.1. The van der Waals surface area contributed by atoms with Crippen molar-refractivity contribution in [3.05, 3.63) is 59.2 Å². The van der Waals surface area contributed by atoms with Gasteiger partial charge >= 0.3 is 0 Å². The molecule has 2 aromatic carbocycles. The molecule has 0 radical (unpaired) electrons. The molecule has 1 N–H and O–H groups in total. The van der Waals surface area contributed by atoms with E-state index in [4.69, 9.17) is 0 Å². The Morgan fingerprint density at radius 1 is 0.667 bits per heavy atom. The number of benzene rings is 2. The minimum atomic E-state index is -2.34. The topological polar surface area (TPSA) is 12.0 Å². The first-order chi connectivity index (χ1) is 9.85. The van der Waals surface area contributed by atoms with E-state index in [1.807, 2.05) is 0 Å². The zero-order valence-corrected chi connectivity index (χ0v) is 11.4. The van der Waals surface area contributed by atoms with Crippen LogP contribution in [-0.4, -0.2) is 7.05 Å². The van der Waals surface area contributed by atoms with Crippen LogP contribution in [0.5, 0.6) is 0 Å². The Balaban J connectivity index is 2.66. The van der Waals surface area contributed by atoms with Gasteiger partial charge in [0, 0.05) is 32.3 Å². The molecule has 8 heteroatoms. The zero-order valence-electron chi connectivity index (χ0n) is 10.5. The van der Waals surface area contributed by atoms with Crippen molar-refractivity contribution in [2.45, 2.75) is 0 Å². The molecule has 0 spiro atoms. The van der Waals surface area contributed by atoms with E-state index in [1.165, 1.54) is 7.05 Å². The van der Waals surface area contributed by atoms with E-state index in [-0.39, 0.29) is 0 Å². The van der Waals surface area contributed by atoms with Crippen molar-refractivity contribution < 1.29 is 26.3 Å². The van der Waals surface area contributed by atoms with Crippen LogP contribution in [0.1, 0.15) is 0 Å². The standard InChI is InChI=1S/C13H8F6NP/c1-20-21(12-8(16)2-6(14)3-9(12)17)13-10(18)4-7(15)5-11(13)19/h2-5,20H,1H3. The van der Waals surface area contributed by atoms with Crippen molar-refractivity contribution in [1.29, 1.82) is 0 Å². The summed E-state index contributed by atoms with van der Waals surface area (Å²) in [6.07, 6.45) is 0. The summed E-state index contributed by atoms with van der Waals surface area (Å²) in [5, 5.41) is 1.00.